The number of halogens is 1. The van der Waals surface area contributed by atoms with E-state index in [1.807, 2.05) is 23.1 Å². The van der Waals surface area contributed by atoms with Gasteiger partial charge >= 0.3 is 0 Å². The van der Waals surface area contributed by atoms with Crippen molar-refractivity contribution >= 4 is 28.7 Å². The summed E-state index contributed by atoms with van der Waals surface area (Å²) >= 11 is 1.44. The van der Waals surface area contributed by atoms with E-state index in [0.717, 1.165) is 47.1 Å². The van der Waals surface area contributed by atoms with E-state index >= 15 is 0 Å². The van der Waals surface area contributed by atoms with Crippen molar-refractivity contribution < 1.29 is 13.9 Å². The van der Waals surface area contributed by atoms with Crippen molar-refractivity contribution in [3.8, 4) is 5.75 Å². The van der Waals surface area contributed by atoms with Gasteiger partial charge in [0.15, 0.2) is 0 Å². The summed E-state index contributed by atoms with van der Waals surface area (Å²) in [4.78, 5) is 25.6. The zero-order valence-corrected chi connectivity index (χ0v) is 17.0. The second-order valence-electron chi connectivity index (χ2n) is 6.97. The molecule has 0 spiro atoms. The monoisotopic (exact) mass is 414 g/mol. The van der Waals surface area contributed by atoms with E-state index in [4.69, 9.17) is 4.74 Å². The van der Waals surface area contributed by atoms with Crippen molar-refractivity contribution in [3.05, 3.63) is 54.1 Å². The summed E-state index contributed by atoms with van der Waals surface area (Å²) in [5, 5.41) is 0. The number of benzene rings is 2. The van der Waals surface area contributed by atoms with Gasteiger partial charge in [-0.1, -0.05) is 0 Å². The molecule has 152 valence electrons. The molecule has 1 amide bonds. The lowest BCUT2D eigenvalue weighted by molar-refractivity contribution is -0.130. The normalized spacial score (nSPS) is 15.0. The first-order valence-corrected chi connectivity index (χ1v) is 10.5. The molecule has 0 atom stereocenters. The Bertz CT molecular complexity index is 984. The van der Waals surface area contributed by atoms with E-state index < -0.39 is 0 Å². The number of carbonyl (C=O) groups excluding carboxylic acids is 1. The standard InChI is InChI=1S/C21H23FN4O2S/c1-28-16-4-7-18-19(12-16)24-20(23-18)13-25-8-10-26(11-9-25)21(27)14-29-17-5-2-15(22)3-6-17/h2-7,12H,8-11,13-14H2,1H3,(H,23,24). The first-order valence-electron chi connectivity index (χ1n) is 9.52. The van der Waals surface area contributed by atoms with E-state index in [2.05, 4.69) is 14.9 Å². The number of hydrogen-bond donors (Lipinski definition) is 1. The Kier molecular flexibility index (Phi) is 6.01. The van der Waals surface area contributed by atoms with Crippen LogP contribution in [0.2, 0.25) is 0 Å². The van der Waals surface area contributed by atoms with Crippen LogP contribution in [0.4, 0.5) is 4.39 Å². The Morgan fingerprint density at radius 2 is 1.93 bits per heavy atom. The Morgan fingerprint density at radius 3 is 2.66 bits per heavy atom. The molecule has 0 unspecified atom stereocenters. The third kappa shape index (κ3) is 4.89. The molecule has 6 nitrogen and oxygen atoms in total. The zero-order valence-electron chi connectivity index (χ0n) is 16.2. The number of H-pyrrole nitrogens is 1. The number of ether oxygens (including phenoxy) is 1. The van der Waals surface area contributed by atoms with Crippen molar-refractivity contribution in [1.29, 1.82) is 0 Å². The number of fused-ring (bicyclic) bond motifs is 1. The number of thioether (sulfide) groups is 1. The van der Waals surface area contributed by atoms with Crippen LogP contribution in [0, 0.1) is 5.82 Å². The van der Waals surface area contributed by atoms with E-state index in [1.165, 1.54) is 23.9 Å². The third-order valence-electron chi connectivity index (χ3n) is 5.01. The number of amides is 1. The fourth-order valence-electron chi connectivity index (χ4n) is 3.38. The van der Waals surface area contributed by atoms with Crippen LogP contribution in [0.1, 0.15) is 5.82 Å². The molecule has 1 fully saturated rings. The second-order valence-corrected chi connectivity index (χ2v) is 8.01. The summed E-state index contributed by atoms with van der Waals surface area (Å²) in [6, 6.07) is 12.0. The molecule has 29 heavy (non-hydrogen) atoms. The van der Waals surface area contributed by atoms with Crippen LogP contribution < -0.4 is 4.74 Å². The van der Waals surface area contributed by atoms with Gasteiger partial charge in [-0.15, -0.1) is 11.8 Å². The average molecular weight is 415 g/mol. The second kappa shape index (κ2) is 8.84. The van der Waals surface area contributed by atoms with Gasteiger partial charge in [-0.25, -0.2) is 9.37 Å². The SMILES string of the molecule is COc1ccc2nc(CN3CCN(C(=O)CSc4ccc(F)cc4)CC3)[nH]c2c1. The fraction of sp³-hybridized carbons (Fsp3) is 0.333. The van der Waals surface area contributed by atoms with Crippen LogP contribution in [-0.2, 0) is 11.3 Å². The maximum absolute atomic E-state index is 13.0. The lowest BCUT2D eigenvalue weighted by atomic mass is 10.3. The molecular weight excluding hydrogens is 391 g/mol. The summed E-state index contributed by atoms with van der Waals surface area (Å²) in [5.41, 5.74) is 1.89. The highest BCUT2D eigenvalue weighted by Gasteiger charge is 2.22. The van der Waals surface area contributed by atoms with Gasteiger partial charge in [0.1, 0.15) is 17.4 Å². The van der Waals surface area contributed by atoms with E-state index in [-0.39, 0.29) is 11.7 Å². The molecule has 0 bridgehead atoms. The highest BCUT2D eigenvalue weighted by molar-refractivity contribution is 8.00. The first kappa shape index (κ1) is 19.7. The number of methoxy groups -OCH3 is 1. The number of piperazine rings is 1. The van der Waals surface area contributed by atoms with Crippen molar-refractivity contribution in [3.63, 3.8) is 0 Å². The van der Waals surface area contributed by atoms with Crippen LogP contribution in [-0.4, -0.2) is 64.7 Å². The quantitative estimate of drug-likeness (QED) is 0.628. The highest BCUT2D eigenvalue weighted by atomic mass is 32.2. The van der Waals surface area contributed by atoms with Gasteiger partial charge < -0.3 is 14.6 Å². The summed E-state index contributed by atoms with van der Waals surface area (Å²) in [5.74, 6) is 1.95. The maximum Gasteiger partial charge on any atom is 0.233 e. The minimum atomic E-state index is -0.264. The van der Waals surface area contributed by atoms with Crippen LogP contribution in [0.3, 0.4) is 0 Å². The number of hydrogen-bond acceptors (Lipinski definition) is 5. The molecule has 1 aliphatic heterocycles. The van der Waals surface area contributed by atoms with Crippen LogP contribution in [0.15, 0.2) is 47.4 Å². The van der Waals surface area contributed by atoms with Crippen LogP contribution in [0.5, 0.6) is 5.75 Å². The number of imidazole rings is 1. The van der Waals surface area contributed by atoms with Crippen LogP contribution >= 0.6 is 11.8 Å². The Hall–Kier alpha value is -2.58. The maximum atomic E-state index is 13.0. The van der Waals surface area contributed by atoms with Crippen molar-refractivity contribution in [2.45, 2.75) is 11.4 Å². The minimum Gasteiger partial charge on any atom is -0.497 e. The molecule has 1 aromatic heterocycles. The fourth-order valence-corrected chi connectivity index (χ4v) is 4.18. The molecule has 0 radical (unpaired) electrons. The molecule has 4 rings (SSSR count). The molecule has 0 aliphatic carbocycles. The van der Waals surface area contributed by atoms with Gasteiger partial charge in [-0.05, 0) is 36.4 Å². The minimum absolute atomic E-state index is 0.120. The Labute approximate surface area is 173 Å². The molecular formula is C21H23FN4O2S. The summed E-state index contributed by atoms with van der Waals surface area (Å²) in [6.45, 7) is 3.76. The van der Waals surface area contributed by atoms with Gasteiger partial charge in [0.25, 0.3) is 0 Å². The van der Waals surface area contributed by atoms with Crippen molar-refractivity contribution in [2.75, 3.05) is 39.0 Å². The molecule has 2 heterocycles. The summed E-state index contributed by atoms with van der Waals surface area (Å²) in [7, 11) is 1.65. The average Bonchev–Trinajstić information content (AvgIpc) is 3.15. The predicted octanol–water partition coefficient (Wildman–Crippen LogP) is 3.15. The lowest BCUT2D eigenvalue weighted by Crippen LogP contribution is -2.48. The van der Waals surface area contributed by atoms with E-state index in [0.29, 0.717) is 18.8 Å². The zero-order chi connectivity index (χ0) is 20.2. The number of carbonyl (C=O) groups is 1. The van der Waals surface area contributed by atoms with Gasteiger partial charge in [0.2, 0.25) is 5.91 Å². The van der Waals surface area contributed by atoms with Gasteiger partial charge in [0.05, 0.1) is 30.4 Å². The van der Waals surface area contributed by atoms with Crippen molar-refractivity contribution in [1.82, 2.24) is 19.8 Å². The third-order valence-corrected chi connectivity index (χ3v) is 6.01. The van der Waals surface area contributed by atoms with Crippen molar-refractivity contribution in [2.24, 2.45) is 0 Å². The number of nitrogens with zero attached hydrogens (tertiary/aromatic N) is 3. The summed E-state index contributed by atoms with van der Waals surface area (Å²) in [6.07, 6.45) is 0. The first-order chi connectivity index (χ1) is 14.1. The highest BCUT2D eigenvalue weighted by Crippen LogP contribution is 2.21. The number of aromatic nitrogens is 2. The number of aromatic amines is 1. The lowest BCUT2D eigenvalue weighted by Gasteiger charge is -2.34. The molecule has 1 N–H and O–H groups in total. The molecule has 8 heteroatoms. The van der Waals surface area contributed by atoms with Gasteiger partial charge in [-0.2, -0.15) is 0 Å². The Balaban J connectivity index is 1.26. The molecule has 2 aromatic carbocycles. The molecule has 3 aromatic rings. The number of rotatable bonds is 6. The largest absolute Gasteiger partial charge is 0.497 e. The molecule has 1 saturated heterocycles. The number of nitrogens with one attached hydrogen (secondary N) is 1. The molecule has 1 aliphatic rings. The summed E-state index contributed by atoms with van der Waals surface area (Å²) < 4.78 is 18.2. The van der Waals surface area contributed by atoms with Gasteiger partial charge in [0, 0.05) is 37.1 Å². The van der Waals surface area contributed by atoms with Crippen LogP contribution in [0.25, 0.3) is 11.0 Å². The topological polar surface area (TPSA) is 61.5 Å². The predicted molar refractivity (Wildman–Crippen MR) is 112 cm³/mol. The van der Waals surface area contributed by atoms with E-state index in [1.54, 1.807) is 19.2 Å². The van der Waals surface area contributed by atoms with E-state index in [9.17, 15) is 9.18 Å². The molecule has 0 saturated carbocycles. The van der Waals surface area contributed by atoms with Gasteiger partial charge in [-0.3, -0.25) is 9.69 Å². The smallest absolute Gasteiger partial charge is 0.233 e. The Morgan fingerprint density at radius 1 is 1.17 bits per heavy atom.